The monoisotopic (exact) mass is 297 g/mol. The first-order valence-electron chi connectivity index (χ1n) is 8.03. The molecule has 0 bridgehead atoms. The minimum Gasteiger partial charge on any atom is -0.274 e. The number of carbonyl (C=O) groups excluding carboxylic acids is 2. The molecule has 0 spiro atoms. The van der Waals surface area contributed by atoms with Gasteiger partial charge in [-0.25, -0.2) is 0 Å². The predicted octanol–water partition coefficient (Wildman–Crippen LogP) is 4.05. The van der Waals surface area contributed by atoms with E-state index in [1.807, 2.05) is 24.3 Å². The maximum absolute atomic E-state index is 12.7. The summed E-state index contributed by atoms with van der Waals surface area (Å²) in [6.07, 6.45) is 1.45. The van der Waals surface area contributed by atoms with Gasteiger partial charge in [-0.05, 0) is 50.3 Å². The molecular weight excluding hydrogens is 274 g/mol. The summed E-state index contributed by atoms with van der Waals surface area (Å²) in [6, 6.07) is 7.82. The summed E-state index contributed by atoms with van der Waals surface area (Å²) in [7, 11) is 0. The molecule has 3 rings (SSSR count). The number of hydrogen-bond acceptors (Lipinski definition) is 2. The van der Waals surface area contributed by atoms with Gasteiger partial charge in [-0.1, -0.05) is 37.1 Å². The summed E-state index contributed by atoms with van der Waals surface area (Å²) in [5.41, 5.74) is 4.46. The lowest BCUT2D eigenvalue weighted by molar-refractivity contribution is -0.122. The van der Waals surface area contributed by atoms with E-state index >= 15 is 0 Å². The van der Waals surface area contributed by atoms with Gasteiger partial charge in [0, 0.05) is 0 Å². The highest BCUT2D eigenvalue weighted by Gasteiger charge is 2.49. The zero-order valence-electron chi connectivity index (χ0n) is 13.7. The van der Waals surface area contributed by atoms with Gasteiger partial charge in [-0.15, -0.1) is 0 Å². The Labute approximate surface area is 132 Å². The average molecular weight is 297 g/mol. The molecule has 0 unspecified atom stereocenters. The van der Waals surface area contributed by atoms with E-state index in [9.17, 15) is 9.59 Å². The summed E-state index contributed by atoms with van der Waals surface area (Å²) >= 11 is 0. The number of hydrogen-bond donors (Lipinski definition) is 0. The Hall–Kier alpha value is -1.90. The van der Waals surface area contributed by atoms with Crippen molar-refractivity contribution in [3.05, 3.63) is 41.0 Å². The smallest absolute Gasteiger partial charge is 0.238 e. The lowest BCUT2D eigenvalue weighted by Crippen LogP contribution is -2.30. The molecule has 1 heterocycles. The molecule has 0 N–H and O–H groups in total. The molecule has 1 saturated heterocycles. The van der Waals surface area contributed by atoms with Crippen LogP contribution < -0.4 is 4.90 Å². The van der Waals surface area contributed by atoms with Crippen LogP contribution in [0.15, 0.2) is 35.4 Å². The van der Waals surface area contributed by atoms with Crippen LogP contribution in [0.4, 0.5) is 5.69 Å². The first kappa shape index (κ1) is 15.0. The van der Waals surface area contributed by atoms with Crippen LogP contribution in [0.2, 0.25) is 0 Å². The molecule has 2 atom stereocenters. The number of fused-ring (bicyclic) bond motifs is 1. The highest BCUT2D eigenvalue weighted by molar-refractivity contribution is 6.22. The number of anilines is 1. The van der Waals surface area contributed by atoms with Crippen LogP contribution >= 0.6 is 0 Å². The Balaban J connectivity index is 1.90. The third kappa shape index (κ3) is 2.29. The quantitative estimate of drug-likeness (QED) is 0.610. The van der Waals surface area contributed by atoms with Crippen molar-refractivity contribution in [3.8, 4) is 0 Å². The molecule has 2 amide bonds. The van der Waals surface area contributed by atoms with Gasteiger partial charge in [0.15, 0.2) is 0 Å². The normalized spacial score (nSPS) is 25.2. The highest BCUT2D eigenvalue weighted by atomic mass is 16.2. The summed E-state index contributed by atoms with van der Waals surface area (Å²) < 4.78 is 0. The average Bonchev–Trinajstić information content (AvgIpc) is 2.72. The Morgan fingerprint density at radius 3 is 1.77 bits per heavy atom. The number of imide groups is 1. The van der Waals surface area contributed by atoms with Crippen molar-refractivity contribution in [1.29, 1.82) is 0 Å². The fraction of sp³-hybridized carbons (Fsp3) is 0.474. The van der Waals surface area contributed by atoms with E-state index < -0.39 is 0 Å². The van der Waals surface area contributed by atoms with Crippen molar-refractivity contribution in [2.75, 3.05) is 4.90 Å². The van der Waals surface area contributed by atoms with Gasteiger partial charge in [0.05, 0.1) is 17.5 Å². The Kier molecular flexibility index (Phi) is 3.67. The van der Waals surface area contributed by atoms with Crippen molar-refractivity contribution in [1.82, 2.24) is 0 Å². The molecule has 1 aromatic rings. The standard InChI is InChI=1S/C19H23NO2/c1-11(2)14-5-7-15(8-6-14)20-18(21)16-9-12(3)13(4)10-17(16)19(20)22/h5-8,11,16-17H,9-10H2,1-4H3/t16-,17-/m0/s1. The molecule has 116 valence electrons. The zero-order chi connectivity index (χ0) is 16.0. The van der Waals surface area contributed by atoms with Crippen molar-refractivity contribution in [2.45, 2.75) is 46.5 Å². The first-order valence-corrected chi connectivity index (χ1v) is 8.03. The molecule has 1 aliphatic heterocycles. The van der Waals surface area contributed by atoms with E-state index in [1.165, 1.54) is 21.6 Å². The number of rotatable bonds is 2. The third-order valence-corrected chi connectivity index (χ3v) is 5.16. The SMILES string of the molecule is CC1=C(C)C[C@@H]2C(=O)N(c3ccc(C(C)C)cc3)C(=O)[C@H]2C1. The van der Waals surface area contributed by atoms with Gasteiger partial charge >= 0.3 is 0 Å². The van der Waals surface area contributed by atoms with E-state index in [2.05, 4.69) is 27.7 Å². The van der Waals surface area contributed by atoms with Gasteiger partial charge in [0.1, 0.15) is 0 Å². The molecule has 3 heteroatoms. The van der Waals surface area contributed by atoms with E-state index in [1.54, 1.807) is 0 Å². The van der Waals surface area contributed by atoms with E-state index in [4.69, 9.17) is 0 Å². The molecule has 1 aromatic carbocycles. The maximum atomic E-state index is 12.7. The maximum Gasteiger partial charge on any atom is 0.238 e. The van der Waals surface area contributed by atoms with Gasteiger partial charge in [0.25, 0.3) is 0 Å². The lowest BCUT2D eigenvalue weighted by Gasteiger charge is -2.23. The van der Waals surface area contributed by atoms with Gasteiger partial charge in [0.2, 0.25) is 11.8 Å². The fourth-order valence-corrected chi connectivity index (χ4v) is 3.51. The number of carbonyl (C=O) groups is 2. The van der Waals surface area contributed by atoms with Crippen molar-refractivity contribution in [2.24, 2.45) is 11.8 Å². The Morgan fingerprint density at radius 2 is 1.36 bits per heavy atom. The predicted molar refractivity (Wildman–Crippen MR) is 87.6 cm³/mol. The van der Waals surface area contributed by atoms with Gasteiger partial charge < -0.3 is 0 Å². The minimum atomic E-state index is -0.166. The fourth-order valence-electron chi connectivity index (χ4n) is 3.51. The van der Waals surface area contributed by atoms with Gasteiger partial charge in [-0.2, -0.15) is 0 Å². The minimum absolute atomic E-state index is 0.0286. The van der Waals surface area contributed by atoms with Crippen LogP contribution in [0.1, 0.15) is 52.0 Å². The second kappa shape index (κ2) is 5.38. The van der Waals surface area contributed by atoms with Crippen molar-refractivity contribution in [3.63, 3.8) is 0 Å². The molecule has 1 aliphatic carbocycles. The molecule has 0 saturated carbocycles. The number of amides is 2. The summed E-state index contributed by atoms with van der Waals surface area (Å²) in [5.74, 6) is 0.0522. The molecule has 3 nitrogen and oxygen atoms in total. The van der Waals surface area contributed by atoms with Crippen LogP contribution in [-0.2, 0) is 9.59 Å². The van der Waals surface area contributed by atoms with Crippen molar-refractivity contribution >= 4 is 17.5 Å². The molecule has 1 fully saturated rings. The largest absolute Gasteiger partial charge is 0.274 e. The van der Waals surface area contributed by atoms with Crippen LogP contribution in [0.25, 0.3) is 0 Å². The highest BCUT2D eigenvalue weighted by Crippen LogP contribution is 2.42. The molecule has 2 aliphatic rings. The van der Waals surface area contributed by atoms with Crippen LogP contribution in [0, 0.1) is 11.8 Å². The van der Waals surface area contributed by atoms with E-state index in [-0.39, 0.29) is 23.7 Å². The molecular formula is C19H23NO2. The zero-order valence-corrected chi connectivity index (χ0v) is 13.7. The molecule has 0 radical (unpaired) electrons. The Morgan fingerprint density at radius 1 is 0.909 bits per heavy atom. The molecule has 22 heavy (non-hydrogen) atoms. The van der Waals surface area contributed by atoms with Crippen LogP contribution in [0.5, 0.6) is 0 Å². The van der Waals surface area contributed by atoms with E-state index in [0.29, 0.717) is 11.6 Å². The van der Waals surface area contributed by atoms with Crippen LogP contribution in [-0.4, -0.2) is 11.8 Å². The summed E-state index contributed by atoms with van der Waals surface area (Å²) in [4.78, 5) is 26.8. The van der Waals surface area contributed by atoms with Gasteiger partial charge in [-0.3, -0.25) is 14.5 Å². The number of nitrogens with zero attached hydrogens (tertiary/aromatic N) is 1. The lowest BCUT2D eigenvalue weighted by atomic mass is 9.78. The summed E-state index contributed by atoms with van der Waals surface area (Å²) in [5, 5.41) is 0. The second-order valence-corrected chi connectivity index (χ2v) is 6.94. The Bertz CT molecular complexity index is 623. The first-order chi connectivity index (χ1) is 10.4. The summed E-state index contributed by atoms with van der Waals surface area (Å²) in [6.45, 7) is 8.41. The number of benzene rings is 1. The second-order valence-electron chi connectivity index (χ2n) is 6.94. The van der Waals surface area contributed by atoms with Crippen LogP contribution in [0.3, 0.4) is 0 Å². The molecule has 0 aromatic heterocycles. The van der Waals surface area contributed by atoms with Crippen molar-refractivity contribution < 1.29 is 9.59 Å². The number of allylic oxidation sites excluding steroid dienone is 2. The van der Waals surface area contributed by atoms with E-state index in [0.717, 1.165) is 12.8 Å². The third-order valence-electron chi connectivity index (χ3n) is 5.16. The topological polar surface area (TPSA) is 37.4 Å².